The van der Waals surface area contributed by atoms with Gasteiger partial charge in [0.15, 0.2) is 12.6 Å². The second-order valence-corrected chi connectivity index (χ2v) is 78.3. The van der Waals surface area contributed by atoms with E-state index in [0.29, 0.717) is 77.7 Å². The number of alkyl halides is 4. The quantitative estimate of drug-likeness (QED) is 0.00680. The maximum atomic E-state index is 11.2. The Morgan fingerprint density at radius 2 is 0.708 bits per heavy atom. The van der Waals surface area contributed by atoms with Crippen LogP contribution in [0, 0.1) is 40.5 Å². The first-order chi connectivity index (χ1) is 53.9. The molecule has 0 radical (unpaired) electrons. The Hall–Kier alpha value is 4.82. The van der Waals surface area contributed by atoms with E-state index < -0.39 is 36.8 Å². The molecule has 27 nitrogen and oxygen atoms in total. The fraction of sp³-hybridized carbons (Fsp3) is 0.812. The second kappa shape index (κ2) is 132. The average Bonchev–Trinajstić information content (AvgIpc) is 1.06. The third kappa shape index (κ3) is 191. The van der Waals surface area contributed by atoms with Gasteiger partial charge < -0.3 is 29.2 Å². The summed E-state index contributed by atoms with van der Waals surface area (Å²) in [6, 6.07) is 0. The molecule has 0 unspecified atom stereocenters. The van der Waals surface area contributed by atoms with Crippen LogP contribution in [0.3, 0.4) is 0 Å². The first-order valence-electron chi connectivity index (χ1n) is 30.3. The fourth-order valence-corrected chi connectivity index (χ4v) is 68.6. The molecule has 0 rings (SSSR count). The fourth-order valence-electron chi connectivity index (χ4n) is 3.31. The summed E-state index contributed by atoms with van der Waals surface area (Å²) in [4.78, 5) is 137. The van der Waals surface area contributed by atoms with E-state index >= 15 is 0 Å². The van der Waals surface area contributed by atoms with Gasteiger partial charge >= 0.3 is 11.9 Å². The van der Waals surface area contributed by atoms with Crippen molar-refractivity contribution in [1.29, 1.82) is 0 Å². The summed E-state index contributed by atoms with van der Waals surface area (Å²) in [6.07, 6.45) is 8.51. The smallest absolute Gasteiger partial charge is 0.458 e. The molecule has 0 aromatic carbocycles. The molecule has 1 N–H and O–H groups in total. The molecule has 0 aliphatic carbocycles. The van der Waals surface area contributed by atoms with Gasteiger partial charge in [0.25, 0.3) is 20.3 Å². The zero-order valence-corrected chi connectivity index (χ0v) is 94.5. The maximum absolute atomic E-state index is 11.2. The molecule has 0 atom stereocenters. The van der Waals surface area contributed by atoms with E-state index in [1.165, 1.54) is 67.3 Å². The SMILES string of the molecule is C=[O+]C(C)=O.CC.CC(=O)OCC(=O)CCCSSCCO[N+](=O)[O-].CCC(=O)CCCCSSCCO[N+](=O)[O-].CCC(=O)CCl.CCCSSCCO.CCCSSCCO[N+](=O)[O-].O=C(CCl)CCCSSCCO[N+](=O)[O-].O=C(Cl)CCl.O=C(Cl)CCl.S=S=S=S=S=S=S=S=S=S=S=S=S=S=S=S=S=S=S=S(I)I. The standard InChI is InChI=1S/C9H15NO6S2.C9H17NO4S2.C7H12ClNO4S2.C5H11NO3S2.C5H12OS2.C4H7ClO.C3H5O2.2C2H2Cl2O.C2H6.I2S20/c1-8(11)15-7-9(12)3-2-5-17-18-6-4-16-10(13)14;1-2-9(11)5-3-4-7-15-16-8-6-14-10(12)13;8-6-7(10)2-1-4-14-15-5-3-13-9(11)12;1-2-4-10-11-5-3-9-6(7)8;1-2-4-7-8-5-3-6;1-2-4(6)3-5;1-3(4)5-2;2*3-1-2(4)5;1-2;1-22(2)21-20-19-18-17-16-15-14-13-12-11-10-9-8-7-6-5-4-3/h2-7H2,1H3;2-8H2,1H3;1-6H2;2-5H2,1H3;6H,2-5H2,1H3;2-3H2,1H3;2H2,1H3;2*1H2;1-2H3;/q;;;;;;+1;;;;. The molecule has 0 aromatic heterocycles. The minimum atomic E-state index is -0.821. The number of halogens is 8. The van der Waals surface area contributed by atoms with Crippen LogP contribution in [-0.4, -0.2) is 198 Å². The van der Waals surface area contributed by atoms with Crippen LogP contribution in [0.5, 0.6) is 0 Å². The molecular weight excluding hydrogens is 2430 g/mol. The molecule has 113 heavy (non-hydrogen) atoms. The van der Waals surface area contributed by atoms with Crippen molar-refractivity contribution in [2.75, 3.05) is 121 Å². The molecule has 0 aliphatic rings. The molecule has 0 fully saturated rings. The van der Waals surface area contributed by atoms with Crippen molar-refractivity contribution in [1.82, 2.24) is 0 Å². The summed E-state index contributed by atoms with van der Waals surface area (Å²) >= 11 is 39.2. The predicted octanol–water partition coefficient (Wildman–Crippen LogP) is 16.0. The highest BCUT2D eigenvalue weighted by Crippen LogP contribution is 2.25. The molecule has 674 valence electrons. The maximum Gasteiger partial charge on any atom is 0.576 e. The molecule has 0 aromatic rings. The van der Waals surface area contributed by atoms with Crippen molar-refractivity contribution in [3.05, 3.63) is 40.5 Å². The Balaban J connectivity index is -0.000000118. The number of hydrogen-bond donors (Lipinski definition) is 1. The van der Waals surface area contributed by atoms with Crippen LogP contribution in [0.25, 0.3) is 0 Å². The van der Waals surface area contributed by atoms with E-state index in [1.54, 1.807) is 125 Å². The van der Waals surface area contributed by atoms with Crippen LogP contribution in [0.2, 0.25) is 0 Å². The molecule has 65 heteroatoms. The summed E-state index contributed by atoms with van der Waals surface area (Å²) in [7, 11) is 48.3. The number of nitrogens with zero attached hydrogens (tertiary/aromatic N) is 4. The van der Waals surface area contributed by atoms with Crippen molar-refractivity contribution in [2.24, 2.45) is 0 Å². The number of aliphatic hydroxyl groups excluding tert-OH is 1. The third-order valence-electron chi connectivity index (χ3n) is 7.38. The van der Waals surface area contributed by atoms with Crippen molar-refractivity contribution in [2.45, 2.75) is 126 Å². The highest BCUT2D eigenvalue weighted by Gasteiger charge is 2.06. The van der Waals surface area contributed by atoms with Gasteiger partial charge in [0.05, 0.1) is 37.1 Å². The predicted molar refractivity (Wildman–Crippen MR) is 563 cm³/mol. The van der Waals surface area contributed by atoms with Crippen LogP contribution >= 0.6 is 220 Å². The minimum Gasteiger partial charge on any atom is -0.458 e. The van der Waals surface area contributed by atoms with E-state index in [0.717, 1.165) is 54.4 Å². The number of ketones is 4. The zero-order valence-electron chi connectivity index (χ0n) is 61.1. The summed E-state index contributed by atoms with van der Waals surface area (Å²) in [5, 5.41) is 43.2. The Morgan fingerprint density at radius 3 is 0.956 bits per heavy atom. The van der Waals surface area contributed by atoms with Crippen LogP contribution in [0.15, 0.2) is 0 Å². The van der Waals surface area contributed by atoms with E-state index in [2.05, 4.69) is 91.6 Å². The molecule has 0 aliphatic heterocycles. The zero-order chi connectivity index (χ0) is 88.5. The van der Waals surface area contributed by atoms with E-state index in [9.17, 15) is 78.8 Å². The number of ether oxygens (including phenoxy) is 1. The van der Waals surface area contributed by atoms with Crippen LogP contribution < -0.4 is 0 Å². The molecule has 0 amide bonds. The summed E-state index contributed by atoms with van der Waals surface area (Å²) < 4.78 is 8.82. The van der Waals surface area contributed by atoms with Crippen molar-refractivity contribution < 1.29 is 92.3 Å². The van der Waals surface area contributed by atoms with Gasteiger partial charge in [0.1, 0.15) is 50.4 Å². The van der Waals surface area contributed by atoms with E-state index in [-0.39, 0.29) is 79.9 Å². The Labute approximate surface area is 813 Å². The molecule has 0 saturated carbocycles. The largest absolute Gasteiger partial charge is 0.576 e. The highest BCUT2D eigenvalue weighted by molar-refractivity contribution is 14.3. The van der Waals surface area contributed by atoms with Crippen LogP contribution in [-0.2, 0) is 242 Å². The number of aliphatic hydroxyl groups is 1. The number of carbonyl (C=O) groups is 8. The number of hydrogen-bond acceptors (Lipinski definition) is 33. The van der Waals surface area contributed by atoms with Gasteiger partial charge in [-0.15, -0.1) is 86.9 Å². The lowest BCUT2D eigenvalue weighted by Crippen LogP contribution is -2.11. The van der Waals surface area contributed by atoms with E-state index in [4.69, 9.17) is 85.9 Å². The highest BCUT2D eigenvalue weighted by atomic mass is 127. The van der Waals surface area contributed by atoms with Gasteiger partial charge in [0.2, 0.25) is 10.5 Å². The number of Topliss-reactive ketones (excluding diaryl/α,β-unsaturated/α-hetero) is 4. The molecule has 0 spiro atoms. The Morgan fingerprint density at radius 1 is 0.434 bits per heavy atom. The Bertz CT molecular complexity index is 3370. The lowest BCUT2D eigenvalue weighted by Gasteiger charge is -2.02. The van der Waals surface area contributed by atoms with Gasteiger partial charge in [-0.3, -0.25) is 38.0 Å². The van der Waals surface area contributed by atoms with Crippen LogP contribution in [0.1, 0.15) is 126 Å². The van der Waals surface area contributed by atoms with Crippen LogP contribution in [0.4, 0.5) is 0 Å². The number of esters is 1. The topological polar surface area (TPSA) is 387 Å². The second-order valence-electron chi connectivity index (χ2n) is 15.8. The van der Waals surface area contributed by atoms with Crippen molar-refractivity contribution in [3.63, 3.8) is 0 Å². The lowest BCUT2D eigenvalue weighted by atomic mass is 10.1. The summed E-state index contributed by atoms with van der Waals surface area (Å²) in [5.74, 6) is 7.70. The van der Waals surface area contributed by atoms with Gasteiger partial charge in [-0.25, -0.2) is 0 Å². The van der Waals surface area contributed by atoms with Gasteiger partial charge in [-0.05, 0) is 142 Å². The first kappa shape index (κ1) is 141. The molecule has 0 saturated heterocycles. The average molecular weight is 2520 g/mol. The third-order valence-corrected chi connectivity index (χ3v) is 68.6. The summed E-state index contributed by atoms with van der Waals surface area (Å²) in [5.41, 5.74) is 0. The van der Waals surface area contributed by atoms with Gasteiger partial charge in [0, 0.05) is 239 Å². The number of unbranched alkanes of at least 4 members (excludes halogenated alkanes) is 1. The normalized spacial score (nSPS) is 8.97. The number of carbonyl (C=O) groups excluding carboxylic acids is 9. The molecule has 0 bridgehead atoms. The number of rotatable bonds is 48. The molecular formula is C48H89Cl6I2N4O23S30+. The van der Waals surface area contributed by atoms with Crippen molar-refractivity contribution >= 4 is 447 Å². The first-order valence-corrected chi connectivity index (χ1v) is 76.9. The lowest BCUT2D eigenvalue weighted by molar-refractivity contribution is -0.756. The van der Waals surface area contributed by atoms with Gasteiger partial charge in [-0.1, -0.05) is 149 Å². The molecule has 0 heterocycles. The van der Waals surface area contributed by atoms with Gasteiger partial charge in [-0.2, -0.15) is 0 Å². The monoisotopic (exact) mass is 2510 g/mol. The van der Waals surface area contributed by atoms with E-state index in [1.807, 2.05) is 129 Å². The Kier molecular flexibility index (Phi) is 165. The minimum absolute atomic E-state index is 0.0546. The van der Waals surface area contributed by atoms with Crippen molar-refractivity contribution in [3.8, 4) is 0 Å². The summed E-state index contributed by atoms with van der Waals surface area (Å²) in [6.45, 7) is 18.0.